The summed E-state index contributed by atoms with van der Waals surface area (Å²) in [5.74, 6) is 0.545. The molecule has 0 aliphatic rings. The van der Waals surface area contributed by atoms with Crippen molar-refractivity contribution in [1.29, 1.82) is 0 Å². The van der Waals surface area contributed by atoms with E-state index in [9.17, 15) is 9.90 Å². The molecule has 0 saturated heterocycles. The first-order valence-corrected chi connectivity index (χ1v) is 10.8. The lowest BCUT2D eigenvalue weighted by Crippen LogP contribution is -2.32. The van der Waals surface area contributed by atoms with E-state index in [-0.39, 0.29) is 12.2 Å². The number of halogens is 2. The van der Waals surface area contributed by atoms with Gasteiger partial charge in [-0.05, 0) is 99.1 Å². The minimum absolute atomic E-state index is 0.141. The van der Waals surface area contributed by atoms with Crippen molar-refractivity contribution in [2.75, 3.05) is 0 Å². The predicted molar refractivity (Wildman–Crippen MR) is 126 cm³/mol. The lowest BCUT2D eigenvalue weighted by Gasteiger charge is -2.14. The highest BCUT2D eigenvalue weighted by atomic mass is 127. The number of rotatable bonds is 7. The van der Waals surface area contributed by atoms with E-state index in [0.29, 0.717) is 12.2 Å². The molecule has 1 aromatic heterocycles. The topological polar surface area (TPSA) is 106 Å². The maximum atomic E-state index is 11.0. The normalized spacial score (nSPS) is 11.8. The van der Waals surface area contributed by atoms with Crippen molar-refractivity contribution in [1.82, 2.24) is 4.98 Å². The van der Waals surface area contributed by atoms with Crippen LogP contribution in [0.15, 0.2) is 54.7 Å². The Morgan fingerprint density at radius 1 is 1.10 bits per heavy atom. The molecule has 6 nitrogen and oxygen atoms in total. The van der Waals surface area contributed by atoms with E-state index in [1.54, 1.807) is 12.1 Å². The van der Waals surface area contributed by atoms with E-state index in [4.69, 9.17) is 15.6 Å². The van der Waals surface area contributed by atoms with Crippen LogP contribution in [0.4, 0.5) is 0 Å². The van der Waals surface area contributed by atoms with Gasteiger partial charge in [-0.25, -0.2) is 0 Å². The molecule has 150 valence electrons. The Morgan fingerprint density at radius 3 is 2.45 bits per heavy atom. The lowest BCUT2D eigenvalue weighted by atomic mass is 10.1. The molecule has 29 heavy (non-hydrogen) atoms. The third-order valence-corrected chi connectivity index (χ3v) is 5.75. The summed E-state index contributed by atoms with van der Waals surface area (Å²) in [4.78, 5) is 15.2. The molecule has 0 bridgehead atoms. The molecule has 0 amide bonds. The molecular weight excluding hydrogens is 598 g/mol. The van der Waals surface area contributed by atoms with Crippen LogP contribution in [0.25, 0.3) is 0 Å². The van der Waals surface area contributed by atoms with Crippen LogP contribution in [0.5, 0.6) is 17.2 Å². The maximum absolute atomic E-state index is 11.0. The Morgan fingerprint density at radius 2 is 1.83 bits per heavy atom. The van der Waals surface area contributed by atoms with Crippen LogP contribution < -0.4 is 10.5 Å². The van der Waals surface area contributed by atoms with E-state index in [1.165, 1.54) is 6.20 Å². The van der Waals surface area contributed by atoms with Gasteiger partial charge >= 0.3 is 5.97 Å². The average molecular weight is 616 g/mol. The van der Waals surface area contributed by atoms with Gasteiger partial charge in [-0.3, -0.25) is 9.78 Å². The summed E-state index contributed by atoms with van der Waals surface area (Å²) in [7, 11) is 0. The van der Waals surface area contributed by atoms with Crippen LogP contribution in [0.1, 0.15) is 16.8 Å². The van der Waals surface area contributed by atoms with Crippen molar-refractivity contribution in [2.24, 2.45) is 5.73 Å². The van der Waals surface area contributed by atoms with Gasteiger partial charge in [0, 0.05) is 12.1 Å². The van der Waals surface area contributed by atoms with Crippen LogP contribution in [0.3, 0.4) is 0 Å². The van der Waals surface area contributed by atoms with Crippen molar-refractivity contribution in [2.45, 2.75) is 18.9 Å². The Labute approximate surface area is 195 Å². The second-order valence-electron chi connectivity index (χ2n) is 6.47. The maximum Gasteiger partial charge on any atom is 0.320 e. The molecule has 0 aliphatic carbocycles. The molecule has 3 aromatic rings. The van der Waals surface area contributed by atoms with Crippen molar-refractivity contribution >= 4 is 51.2 Å². The summed E-state index contributed by atoms with van der Waals surface area (Å²) in [5, 5.41) is 18.4. The zero-order valence-electron chi connectivity index (χ0n) is 15.2. The SMILES string of the molecule is NC(Cc1cc(I)c(Oc2cccc(Cc3ccc(O)cn3)c2)c(I)c1)C(=O)O. The number of aromatic hydroxyl groups is 1. The third-order valence-electron chi connectivity index (χ3n) is 4.14. The summed E-state index contributed by atoms with van der Waals surface area (Å²) < 4.78 is 7.89. The Balaban J connectivity index is 1.77. The first-order valence-electron chi connectivity index (χ1n) is 8.69. The quantitative estimate of drug-likeness (QED) is 0.342. The number of aliphatic carboxylic acids is 1. The molecule has 8 heteroatoms. The first-order chi connectivity index (χ1) is 13.8. The van der Waals surface area contributed by atoms with Gasteiger partial charge in [-0.1, -0.05) is 12.1 Å². The second kappa shape index (κ2) is 9.72. The molecule has 0 aliphatic heterocycles. The molecule has 1 atom stereocenters. The fourth-order valence-corrected chi connectivity index (χ4v) is 4.85. The number of aromatic nitrogens is 1. The number of carboxylic acids is 1. The minimum atomic E-state index is -1.02. The monoisotopic (exact) mass is 616 g/mol. The summed E-state index contributed by atoms with van der Waals surface area (Å²) in [6.45, 7) is 0. The summed E-state index contributed by atoms with van der Waals surface area (Å²) in [6.07, 6.45) is 2.31. The first kappa shape index (κ1) is 21.8. The molecule has 0 saturated carbocycles. The zero-order valence-corrected chi connectivity index (χ0v) is 19.5. The summed E-state index contributed by atoms with van der Waals surface area (Å²) >= 11 is 4.36. The van der Waals surface area contributed by atoms with Crippen molar-refractivity contribution in [3.8, 4) is 17.2 Å². The number of hydrogen-bond acceptors (Lipinski definition) is 5. The van der Waals surface area contributed by atoms with Crippen LogP contribution >= 0.6 is 45.2 Å². The molecule has 3 rings (SSSR count). The number of carboxylic acid groups (broad SMARTS) is 1. The van der Waals surface area contributed by atoms with E-state index < -0.39 is 12.0 Å². The highest BCUT2D eigenvalue weighted by molar-refractivity contribution is 14.1. The molecule has 4 N–H and O–H groups in total. The van der Waals surface area contributed by atoms with Crippen LogP contribution in [0, 0.1) is 7.14 Å². The summed E-state index contributed by atoms with van der Waals surface area (Å²) in [5.41, 5.74) is 8.39. The number of nitrogens with zero attached hydrogens (tertiary/aromatic N) is 1. The van der Waals surface area contributed by atoms with E-state index in [0.717, 1.165) is 29.7 Å². The number of pyridine rings is 1. The molecular formula is C21H18I2N2O4. The Kier molecular flexibility index (Phi) is 7.30. The molecule has 0 fully saturated rings. The number of hydrogen-bond donors (Lipinski definition) is 3. The molecule has 1 heterocycles. The largest absolute Gasteiger partial charge is 0.506 e. The Hall–Kier alpha value is -1.92. The highest BCUT2D eigenvalue weighted by Gasteiger charge is 2.16. The second-order valence-corrected chi connectivity index (χ2v) is 8.80. The zero-order chi connectivity index (χ0) is 21.0. The van der Waals surface area contributed by atoms with Gasteiger partial charge in [-0.2, -0.15) is 0 Å². The van der Waals surface area contributed by atoms with Crippen molar-refractivity contribution in [3.63, 3.8) is 0 Å². The minimum Gasteiger partial charge on any atom is -0.506 e. The summed E-state index contributed by atoms with van der Waals surface area (Å²) in [6, 6.07) is 14.0. The van der Waals surface area contributed by atoms with Gasteiger partial charge in [0.2, 0.25) is 0 Å². The third kappa shape index (κ3) is 6.03. The number of ether oxygens (including phenoxy) is 1. The van der Waals surface area contributed by atoms with Gasteiger partial charge in [0.15, 0.2) is 5.75 Å². The Bertz CT molecular complexity index is 1000. The van der Waals surface area contributed by atoms with Gasteiger partial charge < -0.3 is 20.7 Å². The number of carbonyl (C=O) groups is 1. The standard InChI is InChI=1S/C21H18I2N2O4/c22-17-8-13(10-19(24)21(27)28)9-18(23)20(17)29-16-3-1-2-12(7-16)6-14-4-5-15(26)11-25-14/h1-5,7-9,11,19,26H,6,10,24H2,(H,27,28). The smallest absolute Gasteiger partial charge is 0.320 e. The van der Waals surface area contributed by atoms with Gasteiger partial charge in [-0.15, -0.1) is 0 Å². The van der Waals surface area contributed by atoms with E-state index in [2.05, 4.69) is 50.2 Å². The fraction of sp³-hybridized carbons (Fsp3) is 0.143. The molecule has 0 spiro atoms. The number of benzene rings is 2. The van der Waals surface area contributed by atoms with Crippen LogP contribution in [0.2, 0.25) is 0 Å². The fourth-order valence-electron chi connectivity index (χ4n) is 2.74. The van der Waals surface area contributed by atoms with Crippen molar-refractivity contribution < 1.29 is 19.7 Å². The van der Waals surface area contributed by atoms with Crippen molar-refractivity contribution in [3.05, 3.63) is 78.7 Å². The van der Waals surface area contributed by atoms with Crippen LogP contribution in [-0.2, 0) is 17.6 Å². The molecule has 1 unspecified atom stereocenters. The van der Waals surface area contributed by atoms with E-state index in [1.807, 2.05) is 36.4 Å². The lowest BCUT2D eigenvalue weighted by molar-refractivity contribution is -0.138. The van der Waals surface area contributed by atoms with Gasteiger partial charge in [0.25, 0.3) is 0 Å². The molecule has 0 radical (unpaired) electrons. The van der Waals surface area contributed by atoms with Crippen LogP contribution in [-0.4, -0.2) is 27.2 Å². The highest BCUT2D eigenvalue weighted by Crippen LogP contribution is 2.33. The average Bonchev–Trinajstić information content (AvgIpc) is 2.67. The van der Waals surface area contributed by atoms with E-state index >= 15 is 0 Å². The van der Waals surface area contributed by atoms with Gasteiger partial charge in [0.05, 0.1) is 13.3 Å². The predicted octanol–water partition coefficient (Wildman–Crippen LogP) is 4.33. The van der Waals surface area contributed by atoms with Gasteiger partial charge in [0.1, 0.15) is 17.5 Å². The molecule has 2 aromatic carbocycles. The number of nitrogens with two attached hydrogens (primary N) is 1.